The van der Waals surface area contributed by atoms with Gasteiger partial charge in [-0.05, 0) is 60.1 Å². The molecule has 5 nitrogen and oxygen atoms in total. The van der Waals surface area contributed by atoms with Crippen molar-refractivity contribution in [1.29, 1.82) is 0 Å². The van der Waals surface area contributed by atoms with Crippen molar-refractivity contribution in [3.8, 4) is 0 Å². The fourth-order valence-corrected chi connectivity index (χ4v) is 3.85. The maximum Gasteiger partial charge on any atom is 0.274 e. The molecule has 0 aliphatic rings. The van der Waals surface area contributed by atoms with Crippen molar-refractivity contribution >= 4 is 23.2 Å². The lowest BCUT2D eigenvalue weighted by atomic mass is 10.0. The normalized spacial score (nSPS) is 10.6. The van der Waals surface area contributed by atoms with Gasteiger partial charge in [0, 0.05) is 11.4 Å². The van der Waals surface area contributed by atoms with E-state index in [0.29, 0.717) is 0 Å². The van der Waals surface area contributed by atoms with E-state index in [2.05, 4.69) is 43.3 Å². The number of hydrogen-bond acceptors (Lipinski definition) is 3. The van der Waals surface area contributed by atoms with Gasteiger partial charge < -0.3 is 10.6 Å². The summed E-state index contributed by atoms with van der Waals surface area (Å²) in [4.78, 5) is 30.3. The van der Waals surface area contributed by atoms with Crippen LogP contribution in [0.15, 0.2) is 54.6 Å². The summed E-state index contributed by atoms with van der Waals surface area (Å²) in [6.45, 7) is 8.25. The second-order valence-electron chi connectivity index (χ2n) is 7.63. The van der Waals surface area contributed by atoms with Gasteiger partial charge in [0.25, 0.3) is 11.8 Å². The molecule has 0 aliphatic carbocycles. The zero-order valence-corrected chi connectivity index (χ0v) is 19.3. The summed E-state index contributed by atoms with van der Waals surface area (Å²) >= 11 is 0. The zero-order valence-electron chi connectivity index (χ0n) is 19.3. The van der Waals surface area contributed by atoms with E-state index in [-0.39, 0.29) is 23.2 Å². The molecule has 2 N–H and O–H groups in total. The third-order valence-corrected chi connectivity index (χ3v) is 5.69. The first-order valence-corrected chi connectivity index (χ1v) is 11.3. The molecule has 1 heterocycles. The molecule has 3 rings (SSSR count). The van der Waals surface area contributed by atoms with Gasteiger partial charge in [0.15, 0.2) is 0 Å². The Bertz CT molecular complexity index is 992. The molecule has 2 aromatic carbocycles. The number of benzene rings is 2. The molecule has 32 heavy (non-hydrogen) atoms. The zero-order chi connectivity index (χ0) is 23.1. The molecule has 0 radical (unpaired) electrons. The Labute approximate surface area is 190 Å². The third kappa shape index (κ3) is 5.05. The van der Waals surface area contributed by atoms with Crippen molar-refractivity contribution < 1.29 is 9.59 Å². The molecule has 0 fully saturated rings. The molecule has 1 aromatic heterocycles. The van der Waals surface area contributed by atoms with Crippen LogP contribution in [0.4, 0.5) is 11.4 Å². The first-order chi connectivity index (χ1) is 15.5. The monoisotopic (exact) mass is 429 g/mol. The molecular weight excluding hydrogens is 398 g/mol. The van der Waals surface area contributed by atoms with Gasteiger partial charge in [-0.2, -0.15) is 0 Å². The summed E-state index contributed by atoms with van der Waals surface area (Å²) in [5.41, 5.74) is 6.41. The molecule has 5 heteroatoms. The first kappa shape index (κ1) is 23.2. The predicted molar refractivity (Wildman–Crippen MR) is 131 cm³/mol. The van der Waals surface area contributed by atoms with E-state index in [0.717, 1.165) is 59.3 Å². The molecule has 0 saturated heterocycles. The lowest BCUT2D eigenvalue weighted by Gasteiger charge is -2.15. The van der Waals surface area contributed by atoms with Gasteiger partial charge in [-0.25, -0.2) is 4.98 Å². The van der Waals surface area contributed by atoms with Gasteiger partial charge >= 0.3 is 0 Å². The van der Waals surface area contributed by atoms with Crippen LogP contribution in [-0.4, -0.2) is 16.8 Å². The van der Waals surface area contributed by atoms with Crippen LogP contribution in [0.3, 0.4) is 0 Å². The number of nitrogens with one attached hydrogen (secondary N) is 2. The molecule has 0 bridgehead atoms. The molecule has 2 amide bonds. The van der Waals surface area contributed by atoms with E-state index in [1.54, 1.807) is 18.2 Å². The highest BCUT2D eigenvalue weighted by Gasteiger charge is 2.17. The maximum absolute atomic E-state index is 13.0. The molecule has 0 aliphatic heterocycles. The summed E-state index contributed by atoms with van der Waals surface area (Å²) < 4.78 is 0. The van der Waals surface area contributed by atoms with Crippen LogP contribution in [0, 0.1) is 0 Å². The van der Waals surface area contributed by atoms with Gasteiger partial charge in [0.05, 0.1) is 0 Å². The summed E-state index contributed by atoms with van der Waals surface area (Å²) in [7, 11) is 0. The molecule has 3 aromatic rings. The van der Waals surface area contributed by atoms with Crippen LogP contribution in [0.25, 0.3) is 0 Å². The van der Waals surface area contributed by atoms with Crippen LogP contribution >= 0.6 is 0 Å². The van der Waals surface area contributed by atoms with E-state index in [1.807, 2.05) is 36.4 Å². The molecule has 0 atom stereocenters. The Balaban J connectivity index is 1.85. The molecule has 0 spiro atoms. The number of carbonyl (C=O) groups is 2. The van der Waals surface area contributed by atoms with E-state index in [1.165, 1.54) is 0 Å². The van der Waals surface area contributed by atoms with Crippen LogP contribution in [0.2, 0.25) is 0 Å². The lowest BCUT2D eigenvalue weighted by molar-refractivity contribution is 0.101. The Morgan fingerprint density at radius 1 is 0.594 bits per heavy atom. The summed E-state index contributed by atoms with van der Waals surface area (Å²) in [6, 6.07) is 17.0. The summed E-state index contributed by atoms with van der Waals surface area (Å²) in [5, 5.41) is 6.03. The average Bonchev–Trinajstić information content (AvgIpc) is 2.84. The average molecular weight is 430 g/mol. The van der Waals surface area contributed by atoms with Crippen molar-refractivity contribution in [3.05, 3.63) is 88.2 Å². The fourth-order valence-electron chi connectivity index (χ4n) is 3.85. The van der Waals surface area contributed by atoms with Crippen molar-refractivity contribution in [1.82, 2.24) is 4.98 Å². The van der Waals surface area contributed by atoms with Gasteiger partial charge in [0.1, 0.15) is 11.4 Å². The van der Waals surface area contributed by atoms with E-state index in [4.69, 9.17) is 0 Å². The Morgan fingerprint density at radius 2 is 0.906 bits per heavy atom. The molecule has 0 saturated carbocycles. The van der Waals surface area contributed by atoms with Crippen LogP contribution in [-0.2, 0) is 25.7 Å². The number of anilines is 2. The van der Waals surface area contributed by atoms with E-state index < -0.39 is 0 Å². The second kappa shape index (κ2) is 10.7. The summed E-state index contributed by atoms with van der Waals surface area (Å²) in [5.74, 6) is -0.642. The number of para-hydroxylation sites is 2. The Hall–Kier alpha value is -3.47. The first-order valence-electron chi connectivity index (χ1n) is 11.3. The van der Waals surface area contributed by atoms with E-state index in [9.17, 15) is 9.59 Å². The highest BCUT2D eigenvalue weighted by atomic mass is 16.2. The summed E-state index contributed by atoms with van der Waals surface area (Å²) in [6.07, 6.45) is 3.26. The second-order valence-corrected chi connectivity index (χ2v) is 7.63. The Morgan fingerprint density at radius 3 is 1.22 bits per heavy atom. The minimum absolute atomic E-state index is 0.213. The van der Waals surface area contributed by atoms with Gasteiger partial charge in [-0.3, -0.25) is 9.59 Å². The van der Waals surface area contributed by atoms with Crippen LogP contribution < -0.4 is 10.6 Å². The topological polar surface area (TPSA) is 71.1 Å². The number of hydrogen-bond donors (Lipinski definition) is 2. The number of amides is 2. The number of rotatable bonds is 8. The highest BCUT2D eigenvalue weighted by molar-refractivity contribution is 6.07. The largest absolute Gasteiger partial charge is 0.320 e. The minimum Gasteiger partial charge on any atom is -0.320 e. The van der Waals surface area contributed by atoms with Gasteiger partial charge in [-0.15, -0.1) is 0 Å². The van der Waals surface area contributed by atoms with Crippen LogP contribution in [0.1, 0.15) is 70.9 Å². The number of carbonyl (C=O) groups excluding carboxylic acids is 2. The van der Waals surface area contributed by atoms with Crippen molar-refractivity contribution in [2.45, 2.75) is 53.4 Å². The van der Waals surface area contributed by atoms with Gasteiger partial charge in [-0.1, -0.05) is 70.2 Å². The number of pyridine rings is 1. The van der Waals surface area contributed by atoms with Crippen molar-refractivity contribution in [2.24, 2.45) is 0 Å². The predicted octanol–water partition coefficient (Wildman–Crippen LogP) is 5.84. The lowest BCUT2D eigenvalue weighted by Crippen LogP contribution is -2.20. The number of nitrogens with zero attached hydrogens (tertiary/aromatic N) is 1. The van der Waals surface area contributed by atoms with Crippen molar-refractivity contribution in [3.63, 3.8) is 0 Å². The van der Waals surface area contributed by atoms with Crippen molar-refractivity contribution in [2.75, 3.05) is 10.6 Å². The Kier molecular flexibility index (Phi) is 7.77. The van der Waals surface area contributed by atoms with Gasteiger partial charge in [0.2, 0.25) is 0 Å². The third-order valence-electron chi connectivity index (χ3n) is 5.69. The highest BCUT2D eigenvalue weighted by Crippen LogP contribution is 2.24. The maximum atomic E-state index is 13.0. The molecule has 0 unspecified atom stereocenters. The number of aryl methyl sites for hydroxylation is 4. The van der Waals surface area contributed by atoms with Crippen LogP contribution in [0.5, 0.6) is 0 Å². The smallest absolute Gasteiger partial charge is 0.274 e. The SMILES string of the molecule is CCc1cccc(CC)c1NC(=O)c1cccc(C(=O)Nc2c(CC)cccc2CC)n1. The minimum atomic E-state index is -0.321. The molecular formula is C27H31N3O2. The fraction of sp³-hybridized carbons (Fsp3) is 0.296. The van der Waals surface area contributed by atoms with E-state index >= 15 is 0 Å². The molecule has 166 valence electrons. The number of aromatic nitrogens is 1. The standard InChI is InChI=1S/C27H31N3O2/c1-5-18-12-9-13-19(6-2)24(18)29-26(31)22-16-11-17-23(28-22)27(32)30-25-20(7-3)14-10-15-21(25)8-4/h9-17H,5-8H2,1-4H3,(H,29,31)(H,30,32). The quantitative estimate of drug-likeness (QED) is 0.473.